The quantitative estimate of drug-likeness (QED) is 0.247. The van der Waals surface area contributed by atoms with Crippen LogP contribution in [0.5, 0.6) is 5.75 Å². The van der Waals surface area contributed by atoms with Crippen LogP contribution in [0.4, 0.5) is 5.69 Å². The van der Waals surface area contributed by atoms with Crippen LogP contribution in [0.3, 0.4) is 0 Å². The summed E-state index contributed by atoms with van der Waals surface area (Å²) in [7, 11) is 1.61. The Bertz CT molecular complexity index is 1320. The van der Waals surface area contributed by atoms with Crippen molar-refractivity contribution in [3.63, 3.8) is 0 Å². The number of aromatic amines is 1. The number of piperazine rings is 1. The van der Waals surface area contributed by atoms with Gasteiger partial charge in [-0.2, -0.15) is 0 Å². The number of aromatic nitrogens is 1. The first-order valence-electron chi connectivity index (χ1n) is 12.5. The Morgan fingerprint density at radius 3 is 2.19 bits per heavy atom. The molecule has 5 rings (SSSR count). The number of hydrogen-bond donors (Lipinski definition) is 1. The van der Waals surface area contributed by atoms with E-state index in [0.717, 1.165) is 37.1 Å². The lowest BCUT2D eigenvalue weighted by Gasteiger charge is -2.38. The largest absolute Gasteiger partial charge is 0.497 e. The van der Waals surface area contributed by atoms with E-state index < -0.39 is 5.97 Å². The highest BCUT2D eigenvalue weighted by Crippen LogP contribution is 2.34. The summed E-state index contributed by atoms with van der Waals surface area (Å²) >= 11 is 0. The van der Waals surface area contributed by atoms with Crippen LogP contribution >= 0.6 is 0 Å². The lowest BCUT2D eigenvalue weighted by molar-refractivity contribution is 0.0521. The van der Waals surface area contributed by atoms with E-state index in [4.69, 9.17) is 9.47 Å². The van der Waals surface area contributed by atoms with Gasteiger partial charge in [-0.15, -0.1) is 5.11 Å². The number of carbonyl (C=O) groups excluding carboxylic acids is 1. The maximum Gasteiger partial charge on any atom is 0.357 e. The number of nitrogens with one attached hydrogen (secondary N) is 1. The number of hydrogen-bond acceptors (Lipinski definition) is 6. The van der Waals surface area contributed by atoms with E-state index in [1.54, 1.807) is 14.0 Å². The lowest BCUT2D eigenvalue weighted by Crippen LogP contribution is -2.45. The van der Waals surface area contributed by atoms with Crippen LogP contribution in [-0.2, 0) is 4.74 Å². The van der Waals surface area contributed by atoms with Gasteiger partial charge in [0, 0.05) is 24.0 Å². The number of fused-ring (bicyclic) bond motifs is 1. The molecule has 2 heterocycles. The molecule has 0 aliphatic carbocycles. The minimum Gasteiger partial charge on any atom is -0.497 e. The molecule has 3 aromatic carbocycles. The molecular weight excluding hydrogens is 466 g/mol. The van der Waals surface area contributed by atoms with Gasteiger partial charge >= 0.3 is 5.97 Å². The van der Waals surface area contributed by atoms with E-state index in [1.807, 2.05) is 23.2 Å². The zero-order valence-electron chi connectivity index (χ0n) is 21.1. The predicted octanol–water partition coefficient (Wildman–Crippen LogP) is 5.76. The van der Waals surface area contributed by atoms with Crippen LogP contribution < -0.4 is 4.74 Å². The fraction of sp³-hybridized carbons (Fsp3) is 0.276. The Labute approximate surface area is 216 Å². The summed E-state index contributed by atoms with van der Waals surface area (Å²) in [5.74, 6) is 0.227. The number of benzene rings is 3. The predicted molar refractivity (Wildman–Crippen MR) is 143 cm³/mol. The molecule has 190 valence electrons. The Kier molecular flexibility index (Phi) is 7.46. The molecule has 0 saturated carbocycles. The SMILES string of the molecule is CCOC(=O)c1[nH]c2ccc(OC)cc2c1N=NN1CCN(C(c2ccccc2)c2ccccc2)CC1. The van der Waals surface area contributed by atoms with E-state index in [2.05, 4.69) is 80.9 Å². The van der Waals surface area contributed by atoms with E-state index >= 15 is 0 Å². The summed E-state index contributed by atoms with van der Waals surface area (Å²) in [6.45, 7) is 5.17. The number of H-pyrrole nitrogens is 1. The number of rotatable bonds is 8. The van der Waals surface area contributed by atoms with E-state index in [-0.39, 0.29) is 12.6 Å². The van der Waals surface area contributed by atoms with Crippen LogP contribution in [0.1, 0.15) is 34.6 Å². The second kappa shape index (κ2) is 11.3. The van der Waals surface area contributed by atoms with Gasteiger partial charge in [0.15, 0.2) is 5.69 Å². The fourth-order valence-corrected chi connectivity index (χ4v) is 4.79. The second-order valence-electron chi connectivity index (χ2n) is 8.88. The lowest BCUT2D eigenvalue weighted by atomic mass is 9.96. The van der Waals surface area contributed by atoms with Crippen LogP contribution in [0.2, 0.25) is 0 Å². The van der Waals surface area contributed by atoms with Gasteiger partial charge in [-0.25, -0.2) is 4.79 Å². The maximum atomic E-state index is 12.6. The smallest absolute Gasteiger partial charge is 0.357 e. The number of carbonyl (C=O) groups is 1. The zero-order chi connectivity index (χ0) is 25.6. The van der Waals surface area contributed by atoms with Gasteiger partial charge in [0.1, 0.15) is 11.4 Å². The molecule has 1 aliphatic heterocycles. The van der Waals surface area contributed by atoms with Crippen molar-refractivity contribution < 1.29 is 14.3 Å². The summed E-state index contributed by atoms with van der Waals surface area (Å²) in [5, 5.41) is 11.8. The molecule has 1 aliphatic rings. The fourth-order valence-electron chi connectivity index (χ4n) is 4.79. The highest BCUT2D eigenvalue weighted by atomic mass is 16.5. The first-order valence-corrected chi connectivity index (χ1v) is 12.5. The molecule has 0 atom stereocenters. The maximum absolute atomic E-state index is 12.6. The molecule has 8 heteroatoms. The van der Waals surface area contributed by atoms with Gasteiger partial charge in [-0.05, 0) is 36.2 Å². The summed E-state index contributed by atoms with van der Waals surface area (Å²) in [6.07, 6.45) is 0. The Morgan fingerprint density at radius 1 is 0.946 bits per heavy atom. The average molecular weight is 498 g/mol. The van der Waals surface area contributed by atoms with Crippen molar-refractivity contribution in [2.75, 3.05) is 39.9 Å². The summed E-state index contributed by atoms with van der Waals surface area (Å²) in [5.41, 5.74) is 4.07. The Morgan fingerprint density at radius 2 is 1.59 bits per heavy atom. The van der Waals surface area contributed by atoms with Gasteiger partial charge in [0.05, 0.1) is 32.8 Å². The average Bonchev–Trinajstić information content (AvgIpc) is 3.32. The van der Waals surface area contributed by atoms with Gasteiger partial charge in [0.25, 0.3) is 0 Å². The van der Waals surface area contributed by atoms with Gasteiger partial charge < -0.3 is 14.5 Å². The summed E-state index contributed by atoms with van der Waals surface area (Å²) in [4.78, 5) is 18.2. The molecule has 0 unspecified atom stereocenters. The number of ether oxygens (including phenoxy) is 2. The third-order valence-electron chi connectivity index (χ3n) is 6.62. The van der Waals surface area contributed by atoms with E-state index in [9.17, 15) is 4.79 Å². The van der Waals surface area contributed by atoms with Crippen molar-refractivity contribution in [1.82, 2.24) is 14.9 Å². The molecule has 4 aromatic rings. The van der Waals surface area contributed by atoms with E-state index in [1.165, 1.54) is 11.1 Å². The molecule has 1 N–H and O–H groups in total. The van der Waals surface area contributed by atoms with Gasteiger partial charge in [0.2, 0.25) is 0 Å². The van der Waals surface area contributed by atoms with Crippen molar-refractivity contribution in [3.05, 3.63) is 95.7 Å². The molecular formula is C29H31N5O3. The molecule has 37 heavy (non-hydrogen) atoms. The molecule has 1 fully saturated rings. The van der Waals surface area contributed by atoms with Crippen molar-refractivity contribution in [2.24, 2.45) is 10.3 Å². The number of methoxy groups -OCH3 is 1. The Hall–Kier alpha value is -4.17. The van der Waals surface area contributed by atoms with Crippen molar-refractivity contribution in [2.45, 2.75) is 13.0 Å². The first kappa shape index (κ1) is 24.5. The van der Waals surface area contributed by atoms with Gasteiger partial charge in [-0.1, -0.05) is 65.9 Å². The zero-order valence-corrected chi connectivity index (χ0v) is 21.1. The topological polar surface area (TPSA) is 82.5 Å². The molecule has 0 radical (unpaired) electrons. The highest BCUT2D eigenvalue weighted by Gasteiger charge is 2.26. The van der Waals surface area contributed by atoms with Crippen LogP contribution in [0, 0.1) is 0 Å². The standard InChI is InChI=1S/C29H31N5O3/c1-3-37-29(35)27-26(24-20-23(36-2)14-15-25(24)30-27)31-32-34-18-16-33(17-19-34)28(21-10-6-4-7-11-21)22-12-8-5-9-13-22/h4-15,20,28,30H,3,16-19H2,1-2H3. The third-order valence-corrected chi connectivity index (χ3v) is 6.62. The number of esters is 1. The molecule has 0 amide bonds. The van der Waals surface area contributed by atoms with Crippen LogP contribution in [0.25, 0.3) is 10.9 Å². The second-order valence-corrected chi connectivity index (χ2v) is 8.88. The monoisotopic (exact) mass is 497 g/mol. The highest BCUT2D eigenvalue weighted by molar-refractivity contribution is 6.05. The normalized spacial score (nSPS) is 14.5. The Balaban J connectivity index is 1.36. The van der Waals surface area contributed by atoms with Crippen molar-refractivity contribution in [3.8, 4) is 5.75 Å². The molecule has 0 spiro atoms. The summed E-state index contributed by atoms with van der Waals surface area (Å²) < 4.78 is 10.6. The molecule has 1 saturated heterocycles. The minimum absolute atomic E-state index is 0.179. The molecule has 1 aromatic heterocycles. The molecule has 8 nitrogen and oxygen atoms in total. The van der Waals surface area contributed by atoms with Crippen molar-refractivity contribution in [1.29, 1.82) is 0 Å². The first-order chi connectivity index (χ1) is 18.2. The third kappa shape index (κ3) is 5.34. The summed E-state index contributed by atoms with van der Waals surface area (Å²) in [6, 6.07) is 26.9. The van der Waals surface area contributed by atoms with Crippen LogP contribution in [0.15, 0.2) is 89.2 Å². The molecule has 0 bridgehead atoms. The minimum atomic E-state index is -0.454. The van der Waals surface area contributed by atoms with Gasteiger partial charge in [-0.3, -0.25) is 9.91 Å². The van der Waals surface area contributed by atoms with E-state index in [0.29, 0.717) is 17.1 Å². The number of nitrogens with zero attached hydrogens (tertiary/aromatic N) is 4. The van der Waals surface area contributed by atoms with Crippen molar-refractivity contribution >= 4 is 22.6 Å². The van der Waals surface area contributed by atoms with Crippen LogP contribution in [-0.4, -0.2) is 60.8 Å².